The van der Waals surface area contributed by atoms with Crippen LogP contribution >= 0.6 is 0 Å². The van der Waals surface area contributed by atoms with Crippen LogP contribution < -0.4 is 0 Å². The van der Waals surface area contributed by atoms with Gasteiger partial charge < -0.3 is 10.2 Å². The second-order valence-electron chi connectivity index (χ2n) is 10.3. The number of unbranched alkanes of at least 4 members (excludes halogenated alkanes) is 22. The molecule has 192 valence electrons. The first-order valence-electron chi connectivity index (χ1n) is 14.8. The van der Waals surface area contributed by atoms with E-state index in [1.807, 2.05) is 0 Å². The molecule has 2 N–H and O–H groups in total. The van der Waals surface area contributed by atoms with Crippen molar-refractivity contribution in [1.29, 1.82) is 0 Å². The molecule has 33 heavy (non-hydrogen) atoms. The zero-order chi connectivity index (χ0) is 23.8. The van der Waals surface area contributed by atoms with Crippen molar-refractivity contribution in [3.8, 4) is 11.5 Å². The molecule has 0 aliphatic rings. The highest BCUT2D eigenvalue weighted by atomic mass is 16.3. The summed E-state index contributed by atoms with van der Waals surface area (Å²) in [7, 11) is 0. The van der Waals surface area contributed by atoms with Gasteiger partial charge in [0.05, 0.1) is 0 Å². The summed E-state index contributed by atoms with van der Waals surface area (Å²) in [5.41, 5.74) is 0.709. The van der Waals surface area contributed by atoms with Gasteiger partial charge in [-0.15, -0.1) is 0 Å². The summed E-state index contributed by atoms with van der Waals surface area (Å²) in [6.07, 6.45) is 32.9. The van der Waals surface area contributed by atoms with Crippen molar-refractivity contribution in [2.24, 2.45) is 0 Å². The summed E-state index contributed by atoms with van der Waals surface area (Å²) < 4.78 is 0. The average Bonchev–Trinajstić information content (AvgIpc) is 2.81. The molecule has 0 aromatic heterocycles. The number of aromatic hydroxyl groups is 2. The highest BCUT2D eigenvalue weighted by Crippen LogP contribution is 2.28. The van der Waals surface area contributed by atoms with Gasteiger partial charge in [0.15, 0.2) is 0 Å². The van der Waals surface area contributed by atoms with Crippen molar-refractivity contribution in [3.63, 3.8) is 0 Å². The van der Waals surface area contributed by atoms with E-state index in [1.165, 1.54) is 141 Å². The molecule has 0 bridgehead atoms. The number of rotatable bonds is 24. The molecular formula is C31H56O2. The third-order valence-electron chi connectivity index (χ3n) is 7.16. The van der Waals surface area contributed by atoms with Crippen LogP contribution in [0.15, 0.2) is 18.2 Å². The fourth-order valence-corrected chi connectivity index (χ4v) is 4.91. The van der Waals surface area contributed by atoms with Crippen molar-refractivity contribution < 1.29 is 10.2 Å². The smallest absolute Gasteiger partial charge is 0.122 e. The van der Waals surface area contributed by atoms with Crippen LogP contribution in [-0.4, -0.2) is 10.2 Å². The molecule has 0 aliphatic carbocycles. The number of benzene rings is 1. The Morgan fingerprint density at radius 2 is 0.697 bits per heavy atom. The molecule has 2 heteroatoms. The fraction of sp³-hybridized carbons (Fsp3) is 0.806. The maximum absolute atomic E-state index is 9.81. The van der Waals surface area contributed by atoms with Gasteiger partial charge in [-0.25, -0.2) is 0 Å². The lowest BCUT2D eigenvalue weighted by atomic mass is 10.0. The van der Waals surface area contributed by atoms with Gasteiger partial charge in [0.25, 0.3) is 0 Å². The molecule has 1 aromatic rings. The lowest BCUT2D eigenvalue weighted by Gasteiger charge is -2.07. The highest BCUT2D eigenvalue weighted by Gasteiger charge is 2.05. The van der Waals surface area contributed by atoms with Crippen molar-refractivity contribution >= 4 is 0 Å². The molecular weight excluding hydrogens is 404 g/mol. The van der Waals surface area contributed by atoms with Crippen LogP contribution in [0, 0.1) is 0 Å². The van der Waals surface area contributed by atoms with Crippen molar-refractivity contribution in [2.45, 2.75) is 161 Å². The molecule has 0 amide bonds. The maximum atomic E-state index is 9.81. The SMILES string of the molecule is CCCCCCCCCCCCCCCCCCCCCCCCCc1c(O)cccc1O. The highest BCUT2D eigenvalue weighted by molar-refractivity contribution is 5.42. The van der Waals surface area contributed by atoms with Gasteiger partial charge in [-0.3, -0.25) is 0 Å². The predicted molar refractivity (Wildman–Crippen MR) is 145 cm³/mol. The summed E-state index contributed by atoms with van der Waals surface area (Å²) in [5.74, 6) is 0.461. The predicted octanol–water partition coefficient (Wildman–Crippen LogP) is 10.6. The zero-order valence-corrected chi connectivity index (χ0v) is 22.1. The van der Waals surface area contributed by atoms with Crippen molar-refractivity contribution in [1.82, 2.24) is 0 Å². The Kier molecular flexibility index (Phi) is 20.4. The summed E-state index contributed by atoms with van der Waals surface area (Å²) >= 11 is 0. The van der Waals surface area contributed by atoms with Gasteiger partial charge in [0, 0.05) is 5.56 Å². The zero-order valence-electron chi connectivity index (χ0n) is 22.1. The quantitative estimate of drug-likeness (QED) is 0.151. The van der Waals surface area contributed by atoms with E-state index in [4.69, 9.17) is 0 Å². The summed E-state index contributed by atoms with van der Waals surface area (Å²) in [6.45, 7) is 2.29. The molecule has 1 rings (SSSR count). The van der Waals surface area contributed by atoms with Crippen LogP contribution in [0.4, 0.5) is 0 Å². The maximum Gasteiger partial charge on any atom is 0.122 e. The lowest BCUT2D eigenvalue weighted by Crippen LogP contribution is -1.88. The van der Waals surface area contributed by atoms with Crippen LogP contribution in [0.25, 0.3) is 0 Å². The second kappa shape index (κ2) is 22.6. The Balaban J connectivity index is 1.72. The standard InChI is InChI=1S/C31H56O2/c1-2-3-4-5-6-7-8-9-10-11-12-13-14-15-16-17-18-19-20-21-22-23-24-26-29-30(32)27-25-28-31(29)33/h25,27-28,32-33H,2-24,26H2,1H3. The third-order valence-corrected chi connectivity index (χ3v) is 7.16. The molecule has 0 heterocycles. The number of phenolic OH excluding ortho intramolecular Hbond substituents is 2. The minimum Gasteiger partial charge on any atom is -0.508 e. The Morgan fingerprint density at radius 1 is 0.424 bits per heavy atom. The Bertz CT molecular complexity index is 519. The van der Waals surface area contributed by atoms with Gasteiger partial charge >= 0.3 is 0 Å². The van der Waals surface area contributed by atoms with Crippen molar-refractivity contribution in [2.75, 3.05) is 0 Å². The Hall–Kier alpha value is -1.18. The van der Waals surface area contributed by atoms with E-state index in [1.54, 1.807) is 18.2 Å². The molecule has 2 nitrogen and oxygen atoms in total. The molecule has 0 saturated heterocycles. The molecule has 0 atom stereocenters. The summed E-state index contributed by atoms with van der Waals surface area (Å²) in [4.78, 5) is 0. The number of hydrogen-bond donors (Lipinski definition) is 2. The molecule has 0 saturated carbocycles. The minimum absolute atomic E-state index is 0.230. The van der Waals surface area contributed by atoms with Gasteiger partial charge in [-0.2, -0.15) is 0 Å². The van der Waals surface area contributed by atoms with Crippen LogP contribution in [0.1, 0.15) is 160 Å². The van der Waals surface area contributed by atoms with Crippen molar-refractivity contribution in [3.05, 3.63) is 23.8 Å². The summed E-state index contributed by atoms with van der Waals surface area (Å²) in [5, 5.41) is 19.6. The Morgan fingerprint density at radius 3 is 1.00 bits per heavy atom. The molecule has 1 aromatic carbocycles. The van der Waals surface area contributed by atoms with E-state index < -0.39 is 0 Å². The van der Waals surface area contributed by atoms with Gasteiger partial charge in [-0.1, -0.05) is 154 Å². The fourth-order valence-electron chi connectivity index (χ4n) is 4.91. The van der Waals surface area contributed by atoms with E-state index in [0.717, 1.165) is 12.8 Å². The Labute approximate surface area is 206 Å². The largest absolute Gasteiger partial charge is 0.508 e. The van der Waals surface area contributed by atoms with E-state index in [-0.39, 0.29) is 11.5 Å². The molecule has 0 aliphatic heterocycles. The van der Waals surface area contributed by atoms with E-state index in [0.29, 0.717) is 5.56 Å². The first-order valence-corrected chi connectivity index (χ1v) is 14.8. The van der Waals surface area contributed by atoms with Crippen LogP contribution in [0.5, 0.6) is 11.5 Å². The van der Waals surface area contributed by atoms with Crippen LogP contribution in [0.2, 0.25) is 0 Å². The lowest BCUT2D eigenvalue weighted by molar-refractivity contribution is 0.435. The average molecular weight is 461 g/mol. The first kappa shape index (κ1) is 29.9. The van der Waals surface area contributed by atoms with E-state index >= 15 is 0 Å². The first-order chi connectivity index (χ1) is 16.3. The normalized spacial score (nSPS) is 11.3. The summed E-state index contributed by atoms with van der Waals surface area (Å²) in [6, 6.07) is 5.01. The number of phenols is 2. The monoisotopic (exact) mass is 460 g/mol. The molecule has 0 radical (unpaired) electrons. The van der Waals surface area contributed by atoms with Gasteiger partial charge in [0.1, 0.15) is 11.5 Å². The molecule has 0 unspecified atom stereocenters. The topological polar surface area (TPSA) is 40.5 Å². The minimum atomic E-state index is 0.230. The van der Waals surface area contributed by atoms with Gasteiger partial charge in [-0.05, 0) is 25.0 Å². The van der Waals surface area contributed by atoms with Gasteiger partial charge in [0.2, 0.25) is 0 Å². The van der Waals surface area contributed by atoms with E-state index in [2.05, 4.69) is 6.92 Å². The molecule has 0 spiro atoms. The molecule has 0 fully saturated rings. The number of hydrogen-bond acceptors (Lipinski definition) is 2. The second-order valence-corrected chi connectivity index (χ2v) is 10.3. The van der Waals surface area contributed by atoms with Crippen LogP contribution in [0.3, 0.4) is 0 Å². The van der Waals surface area contributed by atoms with Crippen LogP contribution in [-0.2, 0) is 6.42 Å². The third kappa shape index (κ3) is 17.9. The van der Waals surface area contributed by atoms with E-state index in [9.17, 15) is 10.2 Å².